The van der Waals surface area contributed by atoms with Crippen LogP contribution in [0.2, 0.25) is 0 Å². The van der Waals surface area contributed by atoms with Gasteiger partial charge in [-0.05, 0) is 18.9 Å². The number of carboxylic acids is 1. The topological polar surface area (TPSA) is 88.0 Å². The molecule has 2 rings (SSSR count). The lowest BCUT2D eigenvalue weighted by Gasteiger charge is -2.28. The van der Waals surface area contributed by atoms with E-state index in [1.165, 1.54) is 0 Å². The second-order valence-corrected chi connectivity index (χ2v) is 5.68. The minimum Gasteiger partial charge on any atom is -0.481 e. The van der Waals surface area contributed by atoms with Gasteiger partial charge in [0.15, 0.2) is 0 Å². The van der Waals surface area contributed by atoms with Crippen LogP contribution in [0.25, 0.3) is 0 Å². The minimum atomic E-state index is -0.946. The Morgan fingerprint density at radius 1 is 1.41 bits per heavy atom. The van der Waals surface area contributed by atoms with Crippen LogP contribution >= 0.6 is 0 Å². The number of oxime groups is 1. The van der Waals surface area contributed by atoms with E-state index in [1.54, 1.807) is 6.92 Å². The van der Waals surface area contributed by atoms with Gasteiger partial charge < -0.3 is 15.3 Å². The van der Waals surface area contributed by atoms with Gasteiger partial charge in [0.05, 0.1) is 12.1 Å². The van der Waals surface area contributed by atoms with Crippen LogP contribution in [0.3, 0.4) is 0 Å². The maximum Gasteiger partial charge on any atom is 0.305 e. The lowest BCUT2D eigenvalue weighted by molar-refractivity contribution is -0.140. The van der Waals surface area contributed by atoms with Gasteiger partial charge in [0.1, 0.15) is 0 Å². The molecule has 0 fully saturated rings. The standard InChI is InChI=1S/C16H20N2O4/c1-3-16(2,10-14(19)20)17-15(21)13-9-12(18-22-13)11-7-5-4-6-8-11/h4-8,13H,3,9-10H2,1-2H3,(H,17,21)(H,19,20)/t13-,16+/m0/s1. The SMILES string of the molecule is CC[C@](C)(CC(=O)O)NC(=O)[C@@H]1CC(c2ccccc2)=NO1. The number of amides is 1. The molecule has 6 heteroatoms. The van der Waals surface area contributed by atoms with E-state index in [4.69, 9.17) is 9.94 Å². The third kappa shape index (κ3) is 3.84. The van der Waals surface area contributed by atoms with E-state index < -0.39 is 17.6 Å². The van der Waals surface area contributed by atoms with E-state index in [2.05, 4.69) is 10.5 Å². The van der Waals surface area contributed by atoms with Gasteiger partial charge in [0.2, 0.25) is 6.10 Å². The molecular weight excluding hydrogens is 284 g/mol. The summed E-state index contributed by atoms with van der Waals surface area (Å²) in [5.41, 5.74) is 0.848. The van der Waals surface area contributed by atoms with Gasteiger partial charge in [-0.1, -0.05) is 42.4 Å². The minimum absolute atomic E-state index is 0.131. The summed E-state index contributed by atoms with van der Waals surface area (Å²) in [5.74, 6) is -1.28. The molecule has 1 amide bonds. The van der Waals surface area contributed by atoms with Crippen molar-refractivity contribution in [3.8, 4) is 0 Å². The summed E-state index contributed by atoms with van der Waals surface area (Å²) >= 11 is 0. The summed E-state index contributed by atoms with van der Waals surface area (Å²) in [4.78, 5) is 28.4. The Morgan fingerprint density at radius 2 is 2.09 bits per heavy atom. The average Bonchev–Trinajstić information content (AvgIpc) is 2.97. The van der Waals surface area contributed by atoms with Crippen LogP contribution < -0.4 is 5.32 Å². The normalized spacial score (nSPS) is 19.7. The fourth-order valence-corrected chi connectivity index (χ4v) is 2.29. The third-order valence-corrected chi connectivity index (χ3v) is 3.82. The number of carbonyl (C=O) groups is 2. The van der Waals surface area contributed by atoms with Gasteiger partial charge in [0.25, 0.3) is 5.91 Å². The Kier molecular flexibility index (Phi) is 4.80. The predicted octanol–water partition coefficient (Wildman–Crippen LogP) is 1.94. The Morgan fingerprint density at radius 3 is 2.68 bits per heavy atom. The number of rotatable bonds is 6. The van der Waals surface area contributed by atoms with Gasteiger partial charge in [-0.2, -0.15) is 0 Å². The Bertz CT molecular complexity index is 585. The summed E-state index contributed by atoms with van der Waals surface area (Å²) in [6.07, 6.45) is 0.0520. The van der Waals surface area contributed by atoms with Crippen molar-refractivity contribution in [1.82, 2.24) is 5.32 Å². The van der Waals surface area contributed by atoms with Crippen LogP contribution in [0, 0.1) is 0 Å². The zero-order valence-corrected chi connectivity index (χ0v) is 12.7. The number of hydrogen-bond acceptors (Lipinski definition) is 4. The molecule has 0 aliphatic carbocycles. The Labute approximate surface area is 129 Å². The summed E-state index contributed by atoms with van der Waals surface area (Å²) in [6.45, 7) is 3.55. The van der Waals surface area contributed by atoms with E-state index in [1.807, 2.05) is 37.3 Å². The number of nitrogens with zero attached hydrogens (tertiary/aromatic N) is 1. The van der Waals surface area contributed by atoms with Crippen molar-refractivity contribution in [2.45, 2.75) is 44.8 Å². The predicted molar refractivity (Wildman–Crippen MR) is 81.6 cm³/mol. The van der Waals surface area contributed by atoms with E-state index in [0.717, 1.165) is 11.3 Å². The number of carbonyl (C=O) groups excluding carboxylic acids is 1. The van der Waals surface area contributed by atoms with E-state index in [9.17, 15) is 9.59 Å². The first-order chi connectivity index (χ1) is 10.4. The highest BCUT2D eigenvalue weighted by Crippen LogP contribution is 2.20. The number of hydrogen-bond donors (Lipinski definition) is 2. The van der Waals surface area contributed by atoms with Crippen LogP contribution in [0.5, 0.6) is 0 Å². The van der Waals surface area contributed by atoms with E-state index in [0.29, 0.717) is 12.8 Å². The molecule has 118 valence electrons. The number of carboxylic acid groups (broad SMARTS) is 1. The second-order valence-electron chi connectivity index (χ2n) is 5.68. The molecule has 0 spiro atoms. The van der Waals surface area contributed by atoms with Gasteiger partial charge >= 0.3 is 5.97 Å². The van der Waals surface area contributed by atoms with Crippen molar-refractivity contribution in [2.75, 3.05) is 0 Å². The first-order valence-corrected chi connectivity index (χ1v) is 7.25. The number of nitrogens with one attached hydrogen (secondary N) is 1. The highest BCUT2D eigenvalue weighted by Gasteiger charge is 2.34. The molecule has 6 nitrogen and oxygen atoms in total. The highest BCUT2D eigenvalue weighted by molar-refractivity contribution is 6.04. The molecule has 0 saturated carbocycles. The summed E-state index contributed by atoms with van der Waals surface area (Å²) in [6, 6.07) is 9.51. The molecule has 1 heterocycles. The lowest BCUT2D eigenvalue weighted by Crippen LogP contribution is -2.50. The molecule has 1 aliphatic rings. The zero-order chi connectivity index (χ0) is 16.2. The summed E-state index contributed by atoms with van der Waals surface area (Å²) in [7, 11) is 0. The monoisotopic (exact) mass is 304 g/mol. The first-order valence-electron chi connectivity index (χ1n) is 7.25. The zero-order valence-electron chi connectivity index (χ0n) is 12.7. The van der Waals surface area contributed by atoms with Crippen molar-refractivity contribution in [2.24, 2.45) is 5.16 Å². The van der Waals surface area contributed by atoms with Crippen molar-refractivity contribution in [3.05, 3.63) is 35.9 Å². The maximum atomic E-state index is 12.3. The fourth-order valence-electron chi connectivity index (χ4n) is 2.29. The molecule has 1 aliphatic heterocycles. The Balaban J connectivity index is 1.97. The summed E-state index contributed by atoms with van der Waals surface area (Å²) in [5, 5.41) is 15.7. The molecule has 2 atom stereocenters. The maximum absolute atomic E-state index is 12.3. The van der Waals surface area contributed by atoms with Crippen molar-refractivity contribution >= 4 is 17.6 Å². The smallest absolute Gasteiger partial charge is 0.305 e. The molecule has 2 N–H and O–H groups in total. The molecule has 0 unspecified atom stereocenters. The molecule has 0 saturated heterocycles. The van der Waals surface area contributed by atoms with Gasteiger partial charge in [-0.25, -0.2) is 0 Å². The van der Waals surface area contributed by atoms with E-state index >= 15 is 0 Å². The number of benzene rings is 1. The average molecular weight is 304 g/mol. The lowest BCUT2D eigenvalue weighted by atomic mass is 9.93. The van der Waals surface area contributed by atoms with Crippen molar-refractivity contribution in [3.63, 3.8) is 0 Å². The van der Waals surface area contributed by atoms with Gasteiger partial charge in [-0.15, -0.1) is 0 Å². The molecule has 1 aromatic carbocycles. The van der Waals surface area contributed by atoms with Crippen LogP contribution in [0.15, 0.2) is 35.5 Å². The molecule has 1 aromatic rings. The third-order valence-electron chi connectivity index (χ3n) is 3.82. The number of aliphatic carboxylic acids is 1. The molecule has 22 heavy (non-hydrogen) atoms. The van der Waals surface area contributed by atoms with Crippen LogP contribution in [-0.2, 0) is 14.4 Å². The quantitative estimate of drug-likeness (QED) is 0.840. The molecule has 0 bridgehead atoms. The summed E-state index contributed by atoms with van der Waals surface area (Å²) < 4.78 is 0. The van der Waals surface area contributed by atoms with Gasteiger partial charge in [0, 0.05) is 12.0 Å². The first kappa shape index (κ1) is 16.0. The second kappa shape index (κ2) is 6.60. The van der Waals surface area contributed by atoms with Crippen LogP contribution in [0.4, 0.5) is 0 Å². The van der Waals surface area contributed by atoms with E-state index in [-0.39, 0.29) is 12.3 Å². The molecular formula is C16H20N2O4. The van der Waals surface area contributed by atoms with Crippen LogP contribution in [0.1, 0.15) is 38.7 Å². The fraction of sp³-hybridized carbons (Fsp3) is 0.438. The van der Waals surface area contributed by atoms with Crippen LogP contribution in [-0.4, -0.2) is 34.3 Å². The van der Waals surface area contributed by atoms with Gasteiger partial charge in [-0.3, -0.25) is 9.59 Å². The Hall–Kier alpha value is -2.37. The van der Waals surface area contributed by atoms with Crippen molar-refractivity contribution < 1.29 is 19.5 Å². The largest absolute Gasteiger partial charge is 0.481 e. The highest BCUT2D eigenvalue weighted by atomic mass is 16.6. The molecule has 0 radical (unpaired) electrons. The van der Waals surface area contributed by atoms with Crippen molar-refractivity contribution in [1.29, 1.82) is 0 Å². The molecule has 0 aromatic heterocycles.